The number of hydrogen-bond donors (Lipinski definition) is 1. The van der Waals surface area contributed by atoms with Crippen molar-refractivity contribution in [3.63, 3.8) is 0 Å². The Hall–Kier alpha value is -2.49. The standard InChI is InChI=1S/C21H16ClF3N4S2/c22-15-9-7-14(8-10-15)11-13-31-28-20-27-26-19(18-6-3-12-30-18)29(20)17-5-2-1-4-16(17)21(23,24)25/h1-10,12H,11,13H2,(H,27,28). The Balaban J connectivity index is 1.61. The van der Waals surface area contributed by atoms with Crippen LogP contribution in [0.3, 0.4) is 0 Å². The van der Waals surface area contributed by atoms with E-state index in [1.54, 1.807) is 12.1 Å². The monoisotopic (exact) mass is 480 g/mol. The molecule has 0 unspecified atom stereocenters. The van der Waals surface area contributed by atoms with Crippen molar-refractivity contribution in [3.05, 3.63) is 82.2 Å². The summed E-state index contributed by atoms with van der Waals surface area (Å²) < 4.78 is 45.5. The fourth-order valence-corrected chi connectivity index (χ4v) is 4.51. The molecule has 0 radical (unpaired) electrons. The van der Waals surface area contributed by atoms with Gasteiger partial charge < -0.3 is 0 Å². The topological polar surface area (TPSA) is 42.7 Å². The van der Waals surface area contributed by atoms with E-state index in [9.17, 15) is 13.2 Å². The summed E-state index contributed by atoms with van der Waals surface area (Å²) in [5, 5.41) is 10.8. The molecule has 0 aliphatic carbocycles. The Morgan fingerprint density at radius 3 is 2.48 bits per heavy atom. The van der Waals surface area contributed by atoms with Gasteiger partial charge in [-0.2, -0.15) is 13.2 Å². The minimum absolute atomic E-state index is 0.0239. The van der Waals surface area contributed by atoms with E-state index in [1.807, 2.05) is 35.7 Å². The zero-order chi connectivity index (χ0) is 21.8. The number of nitrogens with one attached hydrogen (secondary N) is 1. The fraction of sp³-hybridized carbons (Fsp3) is 0.143. The minimum atomic E-state index is -4.51. The van der Waals surface area contributed by atoms with Crippen LogP contribution in [-0.2, 0) is 12.6 Å². The number of nitrogens with zero attached hydrogens (tertiary/aromatic N) is 3. The second kappa shape index (κ2) is 9.33. The van der Waals surface area contributed by atoms with Crippen molar-refractivity contribution in [3.8, 4) is 16.4 Å². The molecule has 10 heteroatoms. The number of para-hydroxylation sites is 1. The first-order valence-electron chi connectivity index (χ1n) is 9.21. The van der Waals surface area contributed by atoms with Crippen LogP contribution in [0.2, 0.25) is 5.02 Å². The van der Waals surface area contributed by atoms with Gasteiger partial charge in [0.05, 0.1) is 16.1 Å². The third-order valence-corrected chi connectivity index (χ3v) is 6.28. The largest absolute Gasteiger partial charge is 0.418 e. The summed E-state index contributed by atoms with van der Waals surface area (Å²) in [7, 11) is 0. The van der Waals surface area contributed by atoms with E-state index in [2.05, 4.69) is 14.9 Å². The number of hydrogen-bond acceptors (Lipinski definition) is 5. The van der Waals surface area contributed by atoms with E-state index >= 15 is 0 Å². The van der Waals surface area contributed by atoms with Crippen LogP contribution in [0, 0.1) is 0 Å². The van der Waals surface area contributed by atoms with Crippen molar-refractivity contribution >= 4 is 40.8 Å². The van der Waals surface area contributed by atoms with Gasteiger partial charge in [0.25, 0.3) is 0 Å². The van der Waals surface area contributed by atoms with E-state index in [4.69, 9.17) is 11.6 Å². The van der Waals surface area contributed by atoms with E-state index in [1.165, 1.54) is 40.0 Å². The highest BCUT2D eigenvalue weighted by molar-refractivity contribution is 8.00. The lowest BCUT2D eigenvalue weighted by atomic mass is 10.1. The van der Waals surface area contributed by atoms with Gasteiger partial charge in [-0.3, -0.25) is 9.29 Å². The van der Waals surface area contributed by atoms with E-state index in [-0.39, 0.29) is 11.6 Å². The Kier molecular flexibility index (Phi) is 6.54. The smallest absolute Gasteiger partial charge is 0.298 e. The van der Waals surface area contributed by atoms with Gasteiger partial charge in [-0.25, -0.2) is 0 Å². The molecule has 2 aromatic heterocycles. The average molecular weight is 481 g/mol. The molecule has 0 spiro atoms. The molecule has 0 saturated heterocycles. The number of rotatable bonds is 7. The van der Waals surface area contributed by atoms with Crippen LogP contribution in [0.25, 0.3) is 16.4 Å². The molecule has 0 atom stereocenters. The number of thiophene rings is 1. The van der Waals surface area contributed by atoms with Crippen LogP contribution in [-0.4, -0.2) is 20.5 Å². The van der Waals surface area contributed by atoms with E-state index in [0.717, 1.165) is 22.9 Å². The lowest BCUT2D eigenvalue weighted by Crippen LogP contribution is -2.12. The molecule has 2 heterocycles. The number of anilines is 1. The van der Waals surface area contributed by atoms with Crippen LogP contribution in [0.5, 0.6) is 0 Å². The predicted octanol–water partition coefficient (Wildman–Crippen LogP) is 6.97. The Bertz CT molecular complexity index is 1140. The van der Waals surface area contributed by atoms with Gasteiger partial charge in [0, 0.05) is 10.8 Å². The zero-order valence-corrected chi connectivity index (χ0v) is 18.3. The maximum Gasteiger partial charge on any atom is 0.418 e. The molecule has 0 saturated carbocycles. The second-order valence-corrected chi connectivity index (χ2v) is 8.79. The predicted molar refractivity (Wildman–Crippen MR) is 121 cm³/mol. The van der Waals surface area contributed by atoms with Gasteiger partial charge in [0.2, 0.25) is 5.95 Å². The van der Waals surface area contributed by atoms with Gasteiger partial charge in [-0.05, 0) is 59.6 Å². The molecular weight excluding hydrogens is 465 g/mol. The van der Waals surface area contributed by atoms with Gasteiger partial charge in [0.15, 0.2) is 5.82 Å². The van der Waals surface area contributed by atoms with Gasteiger partial charge in [0.1, 0.15) is 0 Å². The molecule has 4 rings (SSSR count). The maximum absolute atomic E-state index is 13.7. The Morgan fingerprint density at radius 2 is 1.77 bits per heavy atom. The lowest BCUT2D eigenvalue weighted by Gasteiger charge is -2.16. The second-order valence-electron chi connectivity index (χ2n) is 6.50. The van der Waals surface area contributed by atoms with E-state index in [0.29, 0.717) is 16.6 Å². The highest BCUT2D eigenvalue weighted by Gasteiger charge is 2.35. The van der Waals surface area contributed by atoms with Crippen molar-refractivity contribution in [1.29, 1.82) is 0 Å². The molecule has 0 aliphatic rings. The Morgan fingerprint density at radius 1 is 1.00 bits per heavy atom. The van der Waals surface area contributed by atoms with Crippen molar-refractivity contribution < 1.29 is 13.2 Å². The zero-order valence-electron chi connectivity index (χ0n) is 15.9. The van der Waals surface area contributed by atoms with E-state index < -0.39 is 11.7 Å². The van der Waals surface area contributed by atoms with Crippen LogP contribution in [0.15, 0.2) is 66.0 Å². The summed E-state index contributed by atoms with van der Waals surface area (Å²) in [4.78, 5) is 0.726. The number of alkyl halides is 3. The summed E-state index contributed by atoms with van der Waals surface area (Å²) in [5.41, 5.74) is 0.341. The summed E-state index contributed by atoms with van der Waals surface area (Å²) in [6.45, 7) is 0. The molecule has 0 fully saturated rings. The van der Waals surface area contributed by atoms with Crippen LogP contribution in [0.4, 0.5) is 19.1 Å². The first kappa shape index (κ1) is 21.7. The number of aromatic nitrogens is 3. The highest BCUT2D eigenvalue weighted by atomic mass is 35.5. The third-order valence-electron chi connectivity index (χ3n) is 4.42. The molecule has 0 amide bonds. The van der Waals surface area contributed by atoms with Crippen molar-refractivity contribution in [2.45, 2.75) is 12.6 Å². The fourth-order valence-electron chi connectivity index (χ4n) is 2.99. The normalized spacial score (nSPS) is 11.6. The van der Waals surface area contributed by atoms with Crippen molar-refractivity contribution in [2.24, 2.45) is 0 Å². The molecule has 1 N–H and O–H groups in total. The summed E-state index contributed by atoms with van der Waals surface area (Å²) >= 11 is 8.65. The Labute approximate surface area is 190 Å². The molecular formula is C21H16ClF3N4S2. The van der Waals surface area contributed by atoms with Gasteiger partial charge in [-0.15, -0.1) is 21.5 Å². The number of benzene rings is 2. The molecule has 0 aliphatic heterocycles. The SMILES string of the molecule is FC(F)(F)c1ccccc1-n1c(NSCCc2ccc(Cl)cc2)nnc1-c1cccs1. The maximum atomic E-state index is 13.7. The molecule has 160 valence electrons. The highest BCUT2D eigenvalue weighted by Crippen LogP contribution is 2.37. The molecule has 0 bridgehead atoms. The van der Waals surface area contributed by atoms with Gasteiger partial charge >= 0.3 is 6.18 Å². The molecule has 4 nitrogen and oxygen atoms in total. The molecule has 31 heavy (non-hydrogen) atoms. The first-order chi connectivity index (χ1) is 14.9. The third kappa shape index (κ3) is 5.06. The molecule has 2 aromatic carbocycles. The van der Waals surface area contributed by atoms with Crippen molar-refractivity contribution in [2.75, 3.05) is 10.5 Å². The van der Waals surface area contributed by atoms with Crippen LogP contribution in [0.1, 0.15) is 11.1 Å². The number of halogens is 4. The average Bonchev–Trinajstić information content (AvgIpc) is 3.41. The minimum Gasteiger partial charge on any atom is -0.298 e. The summed E-state index contributed by atoms with van der Waals surface area (Å²) in [5.74, 6) is 1.28. The van der Waals surface area contributed by atoms with Crippen LogP contribution >= 0.6 is 34.9 Å². The van der Waals surface area contributed by atoms with Crippen molar-refractivity contribution in [1.82, 2.24) is 14.8 Å². The molecule has 4 aromatic rings. The summed E-state index contributed by atoms with van der Waals surface area (Å²) in [6, 6.07) is 16.6. The van der Waals surface area contributed by atoms with Gasteiger partial charge in [-0.1, -0.05) is 41.9 Å². The summed E-state index contributed by atoms with van der Waals surface area (Å²) in [6.07, 6.45) is -3.74. The number of aryl methyl sites for hydroxylation is 1. The first-order valence-corrected chi connectivity index (χ1v) is 11.5. The lowest BCUT2D eigenvalue weighted by molar-refractivity contribution is -0.137. The quantitative estimate of drug-likeness (QED) is 0.229. The van der Waals surface area contributed by atoms with Crippen LogP contribution < -0.4 is 4.72 Å².